The van der Waals surface area contributed by atoms with Gasteiger partial charge in [-0.1, -0.05) is 6.07 Å². The van der Waals surface area contributed by atoms with Crippen LogP contribution in [0.1, 0.15) is 5.56 Å². The molecular weight excluding hydrogens is 339 g/mol. The van der Waals surface area contributed by atoms with E-state index in [-0.39, 0.29) is 12.3 Å². The predicted molar refractivity (Wildman–Crippen MR) is 79.4 cm³/mol. The zero-order valence-electron chi connectivity index (χ0n) is 10.8. The van der Waals surface area contributed by atoms with Crippen molar-refractivity contribution in [3.05, 3.63) is 58.3 Å². The Hall–Kier alpha value is -2.39. The highest BCUT2D eigenvalue weighted by molar-refractivity contribution is 9.10. The Morgan fingerprint density at radius 1 is 1.29 bits per heavy atom. The lowest BCUT2D eigenvalue weighted by atomic mass is 10.2. The maximum atomic E-state index is 13.5. The first-order valence-corrected chi connectivity index (χ1v) is 6.76. The van der Waals surface area contributed by atoms with Crippen molar-refractivity contribution in [2.45, 2.75) is 0 Å². The summed E-state index contributed by atoms with van der Waals surface area (Å²) in [6, 6.07) is 12.7. The average molecular weight is 349 g/mol. The Bertz CT molecular complexity index is 676. The van der Waals surface area contributed by atoms with Crippen molar-refractivity contribution in [1.29, 1.82) is 5.26 Å². The molecule has 6 heteroatoms. The fourth-order valence-electron chi connectivity index (χ4n) is 1.57. The van der Waals surface area contributed by atoms with Crippen LogP contribution in [-0.4, -0.2) is 12.5 Å². The summed E-state index contributed by atoms with van der Waals surface area (Å²) in [5.74, 6) is -0.557. The van der Waals surface area contributed by atoms with Gasteiger partial charge < -0.3 is 10.1 Å². The molecule has 0 unspecified atom stereocenters. The third-order valence-corrected chi connectivity index (χ3v) is 3.24. The lowest BCUT2D eigenvalue weighted by Crippen LogP contribution is -2.21. The number of nitriles is 1. The molecular formula is C15H10BrFN2O2. The molecule has 0 aromatic heterocycles. The van der Waals surface area contributed by atoms with Crippen LogP contribution in [0.25, 0.3) is 0 Å². The Morgan fingerprint density at radius 2 is 2.00 bits per heavy atom. The van der Waals surface area contributed by atoms with E-state index in [1.807, 2.05) is 6.07 Å². The first-order chi connectivity index (χ1) is 10.1. The van der Waals surface area contributed by atoms with E-state index in [0.29, 0.717) is 15.8 Å². The van der Waals surface area contributed by atoms with E-state index in [1.165, 1.54) is 12.1 Å². The summed E-state index contributed by atoms with van der Waals surface area (Å²) >= 11 is 3.16. The van der Waals surface area contributed by atoms with Gasteiger partial charge in [0.2, 0.25) is 0 Å². The van der Waals surface area contributed by atoms with Crippen molar-refractivity contribution >= 4 is 27.5 Å². The summed E-state index contributed by atoms with van der Waals surface area (Å²) in [6.45, 7) is -0.257. The van der Waals surface area contributed by atoms with Crippen LogP contribution in [0, 0.1) is 17.1 Å². The second kappa shape index (κ2) is 6.86. The first-order valence-electron chi connectivity index (χ1n) is 5.97. The third-order valence-electron chi connectivity index (χ3n) is 2.58. The Labute approximate surface area is 129 Å². The molecule has 1 amide bonds. The third kappa shape index (κ3) is 4.04. The van der Waals surface area contributed by atoms with E-state index < -0.39 is 11.7 Å². The van der Waals surface area contributed by atoms with Gasteiger partial charge in [-0.3, -0.25) is 4.79 Å². The van der Waals surface area contributed by atoms with Crippen LogP contribution < -0.4 is 10.1 Å². The van der Waals surface area contributed by atoms with Crippen LogP contribution in [0.15, 0.2) is 46.9 Å². The first kappa shape index (κ1) is 15.0. The average Bonchev–Trinajstić information content (AvgIpc) is 2.49. The van der Waals surface area contributed by atoms with Crippen LogP contribution in [0.2, 0.25) is 0 Å². The van der Waals surface area contributed by atoms with Gasteiger partial charge in [-0.25, -0.2) is 4.39 Å². The quantitative estimate of drug-likeness (QED) is 0.919. The van der Waals surface area contributed by atoms with Crippen molar-refractivity contribution in [2.75, 3.05) is 11.9 Å². The molecule has 2 aromatic rings. The number of halogens is 2. The Morgan fingerprint density at radius 3 is 2.62 bits per heavy atom. The molecule has 106 valence electrons. The second-order valence-corrected chi connectivity index (χ2v) is 4.92. The SMILES string of the molecule is N#Cc1ccc(OCC(=O)Nc2c(F)cccc2Br)cc1. The number of nitrogens with one attached hydrogen (secondary N) is 1. The van der Waals surface area contributed by atoms with Crippen molar-refractivity contribution in [3.63, 3.8) is 0 Å². The summed E-state index contributed by atoms with van der Waals surface area (Å²) in [4.78, 5) is 11.7. The monoisotopic (exact) mass is 348 g/mol. The molecule has 0 fully saturated rings. The number of para-hydroxylation sites is 1. The van der Waals surface area contributed by atoms with Crippen LogP contribution in [-0.2, 0) is 4.79 Å². The van der Waals surface area contributed by atoms with Gasteiger partial charge in [-0.15, -0.1) is 0 Å². The maximum Gasteiger partial charge on any atom is 0.262 e. The number of hydrogen-bond acceptors (Lipinski definition) is 3. The molecule has 0 heterocycles. The fraction of sp³-hybridized carbons (Fsp3) is 0.0667. The molecule has 2 aromatic carbocycles. The van der Waals surface area contributed by atoms with Gasteiger partial charge in [-0.05, 0) is 52.3 Å². The zero-order chi connectivity index (χ0) is 15.2. The van der Waals surface area contributed by atoms with Crippen molar-refractivity contribution in [1.82, 2.24) is 0 Å². The number of nitrogens with zero attached hydrogens (tertiary/aromatic N) is 1. The number of hydrogen-bond donors (Lipinski definition) is 1. The fourth-order valence-corrected chi connectivity index (χ4v) is 2.01. The minimum atomic E-state index is -0.531. The summed E-state index contributed by atoms with van der Waals surface area (Å²) in [5.41, 5.74) is 0.577. The van der Waals surface area contributed by atoms with Gasteiger partial charge in [0.05, 0.1) is 17.3 Å². The predicted octanol–water partition coefficient (Wildman–Crippen LogP) is 3.48. The van der Waals surface area contributed by atoms with Gasteiger partial charge >= 0.3 is 0 Å². The summed E-state index contributed by atoms with van der Waals surface area (Å²) in [7, 11) is 0. The normalized spacial score (nSPS) is 9.76. The van der Waals surface area contributed by atoms with E-state index in [4.69, 9.17) is 10.00 Å². The van der Waals surface area contributed by atoms with E-state index in [2.05, 4.69) is 21.2 Å². The highest BCUT2D eigenvalue weighted by atomic mass is 79.9. The van der Waals surface area contributed by atoms with Crippen molar-refractivity contribution in [3.8, 4) is 11.8 Å². The standard InChI is InChI=1S/C15H10BrFN2O2/c16-12-2-1-3-13(17)15(12)19-14(20)9-21-11-6-4-10(8-18)5-7-11/h1-7H,9H2,(H,19,20). The largest absolute Gasteiger partial charge is 0.484 e. The number of carbonyl (C=O) groups excluding carboxylic acids is 1. The minimum Gasteiger partial charge on any atom is -0.484 e. The van der Waals surface area contributed by atoms with Gasteiger partial charge in [0, 0.05) is 4.47 Å². The smallest absolute Gasteiger partial charge is 0.262 e. The van der Waals surface area contributed by atoms with Gasteiger partial charge in [0.25, 0.3) is 5.91 Å². The number of ether oxygens (including phenoxy) is 1. The number of rotatable bonds is 4. The maximum absolute atomic E-state index is 13.5. The summed E-state index contributed by atoms with van der Waals surface area (Å²) < 4.78 is 19.3. The Kier molecular flexibility index (Phi) is 4.90. The number of anilines is 1. The summed E-state index contributed by atoms with van der Waals surface area (Å²) in [6.07, 6.45) is 0. The number of carbonyl (C=O) groups is 1. The van der Waals surface area contributed by atoms with E-state index in [1.54, 1.807) is 30.3 Å². The molecule has 0 radical (unpaired) electrons. The molecule has 0 aliphatic carbocycles. The van der Waals surface area contributed by atoms with Crippen LogP contribution in [0.3, 0.4) is 0 Å². The van der Waals surface area contributed by atoms with Crippen LogP contribution in [0.5, 0.6) is 5.75 Å². The highest BCUT2D eigenvalue weighted by Crippen LogP contribution is 2.25. The zero-order valence-corrected chi connectivity index (χ0v) is 12.4. The molecule has 0 spiro atoms. The molecule has 0 atom stereocenters. The molecule has 4 nitrogen and oxygen atoms in total. The highest BCUT2D eigenvalue weighted by Gasteiger charge is 2.10. The van der Waals surface area contributed by atoms with Crippen molar-refractivity contribution in [2.24, 2.45) is 0 Å². The second-order valence-electron chi connectivity index (χ2n) is 4.07. The van der Waals surface area contributed by atoms with Crippen LogP contribution in [0.4, 0.5) is 10.1 Å². The minimum absolute atomic E-state index is 0.0749. The van der Waals surface area contributed by atoms with Gasteiger partial charge in [-0.2, -0.15) is 5.26 Å². The molecule has 0 aliphatic rings. The van der Waals surface area contributed by atoms with E-state index >= 15 is 0 Å². The van der Waals surface area contributed by atoms with Gasteiger partial charge in [0.15, 0.2) is 6.61 Å². The molecule has 0 aliphatic heterocycles. The topological polar surface area (TPSA) is 62.1 Å². The Balaban J connectivity index is 1.94. The molecule has 2 rings (SSSR count). The van der Waals surface area contributed by atoms with E-state index in [0.717, 1.165) is 0 Å². The lowest BCUT2D eigenvalue weighted by molar-refractivity contribution is -0.118. The number of amides is 1. The summed E-state index contributed by atoms with van der Waals surface area (Å²) in [5, 5.41) is 11.1. The molecule has 21 heavy (non-hydrogen) atoms. The lowest BCUT2D eigenvalue weighted by Gasteiger charge is -2.09. The van der Waals surface area contributed by atoms with Gasteiger partial charge in [0.1, 0.15) is 11.6 Å². The van der Waals surface area contributed by atoms with Crippen LogP contribution >= 0.6 is 15.9 Å². The molecule has 0 bridgehead atoms. The van der Waals surface area contributed by atoms with Crippen molar-refractivity contribution < 1.29 is 13.9 Å². The van der Waals surface area contributed by atoms with E-state index in [9.17, 15) is 9.18 Å². The number of benzene rings is 2. The molecule has 0 saturated carbocycles. The molecule has 0 saturated heterocycles. The molecule has 1 N–H and O–H groups in total.